The van der Waals surface area contributed by atoms with E-state index in [0.29, 0.717) is 0 Å². The Morgan fingerprint density at radius 1 is 1.38 bits per heavy atom. The number of anilines is 1. The predicted molar refractivity (Wildman–Crippen MR) is 58.0 cm³/mol. The molecule has 1 aromatic heterocycles. The minimum atomic E-state index is -3.24. The van der Waals surface area contributed by atoms with Crippen molar-refractivity contribution in [1.82, 2.24) is 14.3 Å². The largest absolute Gasteiger partial charge is 0.353 e. The fourth-order valence-electron chi connectivity index (χ4n) is 0.878. The van der Waals surface area contributed by atoms with Gasteiger partial charge >= 0.3 is 0 Å². The second kappa shape index (κ2) is 5.17. The molecule has 16 heavy (non-hydrogen) atoms. The van der Waals surface area contributed by atoms with Gasteiger partial charge in [-0.05, 0) is 0 Å². The van der Waals surface area contributed by atoms with Crippen LogP contribution in [-0.2, 0) is 10.0 Å². The van der Waals surface area contributed by atoms with Crippen molar-refractivity contribution in [3.63, 3.8) is 0 Å². The third-order valence-electron chi connectivity index (χ3n) is 1.82. The Hall–Kier alpha value is -1.28. The maximum atomic E-state index is 12.4. The molecule has 0 radical (unpaired) electrons. The van der Waals surface area contributed by atoms with Crippen LogP contribution in [0.4, 0.5) is 10.3 Å². The lowest BCUT2D eigenvalue weighted by Gasteiger charge is -2.11. The average Bonchev–Trinajstić information content (AvgIpc) is 2.20. The minimum Gasteiger partial charge on any atom is -0.353 e. The van der Waals surface area contributed by atoms with E-state index < -0.39 is 15.8 Å². The van der Waals surface area contributed by atoms with E-state index in [1.165, 1.54) is 14.1 Å². The van der Waals surface area contributed by atoms with Crippen molar-refractivity contribution in [3.8, 4) is 0 Å². The molecule has 1 aromatic rings. The summed E-state index contributed by atoms with van der Waals surface area (Å²) in [4.78, 5) is 7.27. The maximum absolute atomic E-state index is 12.4. The Bertz CT molecular complexity index is 432. The number of sulfonamides is 1. The lowest BCUT2D eigenvalue weighted by Crippen LogP contribution is -2.28. The normalized spacial score (nSPS) is 11.8. The molecule has 6 nitrogen and oxygen atoms in total. The maximum Gasteiger partial charge on any atom is 0.222 e. The number of hydrogen-bond donors (Lipinski definition) is 1. The highest BCUT2D eigenvalue weighted by Crippen LogP contribution is 1.99. The van der Waals surface area contributed by atoms with Crippen LogP contribution in [-0.4, -0.2) is 49.1 Å². The molecule has 90 valence electrons. The molecule has 0 amide bonds. The zero-order chi connectivity index (χ0) is 12.2. The SMILES string of the molecule is CN(C)S(=O)(=O)CCNc1ncc(F)cn1. The quantitative estimate of drug-likeness (QED) is 0.788. The van der Waals surface area contributed by atoms with Gasteiger partial charge in [0.25, 0.3) is 0 Å². The van der Waals surface area contributed by atoms with Crippen LogP contribution < -0.4 is 5.32 Å². The van der Waals surface area contributed by atoms with Gasteiger partial charge in [0, 0.05) is 20.6 Å². The summed E-state index contributed by atoms with van der Waals surface area (Å²) in [5.41, 5.74) is 0. The summed E-state index contributed by atoms with van der Waals surface area (Å²) in [6.07, 6.45) is 2.02. The molecule has 0 aliphatic carbocycles. The third-order valence-corrected chi connectivity index (χ3v) is 3.65. The van der Waals surface area contributed by atoms with Gasteiger partial charge < -0.3 is 5.32 Å². The first-order valence-corrected chi connectivity index (χ1v) is 6.14. The summed E-state index contributed by atoms with van der Waals surface area (Å²) in [7, 11) is -0.311. The first-order chi connectivity index (χ1) is 7.42. The highest BCUT2D eigenvalue weighted by atomic mass is 32.2. The Kier molecular flexibility index (Phi) is 4.13. The third kappa shape index (κ3) is 3.70. The number of halogens is 1. The number of rotatable bonds is 5. The molecule has 1 heterocycles. The van der Waals surface area contributed by atoms with E-state index in [4.69, 9.17) is 0 Å². The van der Waals surface area contributed by atoms with Crippen LogP contribution in [0.3, 0.4) is 0 Å². The molecule has 0 saturated heterocycles. The van der Waals surface area contributed by atoms with Gasteiger partial charge in [-0.15, -0.1) is 0 Å². The summed E-state index contributed by atoms with van der Waals surface area (Å²) < 4.78 is 36.3. The summed E-state index contributed by atoms with van der Waals surface area (Å²) >= 11 is 0. The van der Waals surface area contributed by atoms with Gasteiger partial charge in [-0.2, -0.15) is 0 Å². The van der Waals surface area contributed by atoms with Crippen molar-refractivity contribution < 1.29 is 12.8 Å². The van der Waals surface area contributed by atoms with Crippen LogP contribution in [0.1, 0.15) is 0 Å². The van der Waals surface area contributed by atoms with Crippen LogP contribution in [0.15, 0.2) is 12.4 Å². The van der Waals surface area contributed by atoms with Crippen LogP contribution >= 0.6 is 0 Å². The zero-order valence-electron chi connectivity index (χ0n) is 9.01. The van der Waals surface area contributed by atoms with Gasteiger partial charge in [-0.25, -0.2) is 27.1 Å². The van der Waals surface area contributed by atoms with Gasteiger partial charge in [0.05, 0.1) is 18.1 Å². The Morgan fingerprint density at radius 3 is 2.44 bits per heavy atom. The van der Waals surface area contributed by atoms with E-state index in [-0.39, 0.29) is 18.2 Å². The van der Waals surface area contributed by atoms with E-state index in [1.807, 2.05) is 0 Å². The van der Waals surface area contributed by atoms with E-state index in [2.05, 4.69) is 15.3 Å². The molecule has 0 aliphatic rings. The molecule has 0 unspecified atom stereocenters. The van der Waals surface area contributed by atoms with Gasteiger partial charge in [0.1, 0.15) is 0 Å². The second-order valence-electron chi connectivity index (χ2n) is 3.25. The lowest BCUT2D eigenvalue weighted by atomic mass is 10.6. The molecule has 0 aromatic carbocycles. The predicted octanol–water partition coefficient (Wildman–Crippen LogP) is -0.0810. The van der Waals surface area contributed by atoms with Crippen LogP contribution in [0.25, 0.3) is 0 Å². The van der Waals surface area contributed by atoms with Crippen molar-refractivity contribution in [2.75, 3.05) is 31.7 Å². The standard InChI is InChI=1S/C8H13FN4O2S/c1-13(2)16(14,15)4-3-10-8-11-5-7(9)6-12-8/h5-6H,3-4H2,1-2H3,(H,10,11,12). The topological polar surface area (TPSA) is 75.2 Å². The van der Waals surface area contributed by atoms with E-state index >= 15 is 0 Å². The summed E-state index contributed by atoms with van der Waals surface area (Å²) in [5.74, 6) is -0.400. The average molecular weight is 248 g/mol. The summed E-state index contributed by atoms with van der Waals surface area (Å²) in [6, 6.07) is 0. The molecular weight excluding hydrogens is 235 g/mol. The Balaban J connectivity index is 2.45. The molecule has 0 spiro atoms. The Labute approximate surface area is 93.6 Å². The second-order valence-corrected chi connectivity index (χ2v) is 5.55. The van der Waals surface area contributed by atoms with Crippen LogP contribution in [0.5, 0.6) is 0 Å². The first kappa shape index (κ1) is 12.8. The monoisotopic (exact) mass is 248 g/mol. The molecule has 0 saturated carbocycles. The summed E-state index contributed by atoms with van der Waals surface area (Å²) in [5, 5.41) is 2.69. The molecule has 0 fully saturated rings. The molecule has 0 atom stereocenters. The number of nitrogens with zero attached hydrogens (tertiary/aromatic N) is 3. The summed E-state index contributed by atoms with van der Waals surface area (Å²) in [6.45, 7) is 0.173. The van der Waals surface area contributed by atoms with Crippen LogP contribution in [0, 0.1) is 5.82 Å². The van der Waals surface area contributed by atoms with Crippen molar-refractivity contribution >= 4 is 16.0 Å². The highest BCUT2D eigenvalue weighted by molar-refractivity contribution is 7.89. The van der Waals surface area contributed by atoms with Crippen molar-refractivity contribution in [1.29, 1.82) is 0 Å². The van der Waals surface area contributed by atoms with E-state index in [9.17, 15) is 12.8 Å². The Morgan fingerprint density at radius 2 is 1.94 bits per heavy atom. The minimum absolute atomic E-state index is 0.0687. The number of aromatic nitrogens is 2. The number of nitrogens with one attached hydrogen (secondary N) is 1. The number of hydrogen-bond acceptors (Lipinski definition) is 5. The molecule has 1 rings (SSSR count). The van der Waals surface area contributed by atoms with Gasteiger partial charge in [0.15, 0.2) is 5.82 Å². The highest BCUT2D eigenvalue weighted by Gasteiger charge is 2.12. The van der Waals surface area contributed by atoms with Crippen molar-refractivity contribution in [3.05, 3.63) is 18.2 Å². The lowest BCUT2D eigenvalue weighted by molar-refractivity contribution is 0.521. The fraction of sp³-hybridized carbons (Fsp3) is 0.500. The zero-order valence-corrected chi connectivity index (χ0v) is 9.83. The molecule has 0 aliphatic heterocycles. The van der Waals surface area contributed by atoms with E-state index in [0.717, 1.165) is 16.7 Å². The fourth-order valence-corrected chi connectivity index (χ4v) is 1.60. The molecule has 8 heteroatoms. The molecule has 0 bridgehead atoms. The first-order valence-electron chi connectivity index (χ1n) is 4.53. The van der Waals surface area contributed by atoms with Gasteiger partial charge in [-0.3, -0.25) is 0 Å². The smallest absolute Gasteiger partial charge is 0.222 e. The van der Waals surface area contributed by atoms with Crippen LogP contribution in [0.2, 0.25) is 0 Å². The molecular formula is C8H13FN4O2S. The van der Waals surface area contributed by atoms with Crippen molar-refractivity contribution in [2.24, 2.45) is 0 Å². The van der Waals surface area contributed by atoms with Crippen molar-refractivity contribution in [2.45, 2.75) is 0 Å². The van der Waals surface area contributed by atoms with Gasteiger partial charge in [-0.1, -0.05) is 0 Å². The van der Waals surface area contributed by atoms with E-state index in [1.54, 1.807) is 0 Å². The molecule has 1 N–H and O–H groups in total. The van der Waals surface area contributed by atoms with Gasteiger partial charge in [0.2, 0.25) is 16.0 Å².